The summed E-state index contributed by atoms with van der Waals surface area (Å²) in [6, 6.07) is 8.34. The van der Waals surface area contributed by atoms with Crippen LogP contribution in [0.2, 0.25) is 0 Å². The molecule has 0 spiro atoms. The lowest BCUT2D eigenvalue weighted by atomic mass is 9.99. The molecule has 3 heteroatoms. The molecule has 1 heterocycles. The highest BCUT2D eigenvalue weighted by Gasteiger charge is 2.16. The number of nitrogens with one attached hydrogen (secondary N) is 1. The van der Waals surface area contributed by atoms with Gasteiger partial charge in [-0.05, 0) is 56.3 Å². The zero-order valence-corrected chi connectivity index (χ0v) is 14.3. The van der Waals surface area contributed by atoms with E-state index in [-0.39, 0.29) is 11.9 Å². The minimum Gasteiger partial charge on any atom is -0.350 e. The van der Waals surface area contributed by atoms with Crippen molar-refractivity contribution >= 4 is 5.91 Å². The van der Waals surface area contributed by atoms with E-state index in [4.69, 9.17) is 0 Å². The van der Waals surface area contributed by atoms with Crippen molar-refractivity contribution in [2.24, 2.45) is 5.92 Å². The van der Waals surface area contributed by atoms with Crippen LogP contribution in [0.4, 0.5) is 0 Å². The second kappa shape index (κ2) is 8.33. The molecule has 122 valence electrons. The van der Waals surface area contributed by atoms with Crippen molar-refractivity contribution in [2.45, 2.75) is 59.0 Å². The van der Waals surface area contributed by atoms with Crippen molar-refractivity contribution in [1.29, 1.82) is 0 Å². The summed E-state index contributed by atoms with van der Waals surface area (Å²) in [5.41, 5.74) is 2.06. The molecule has 22 heavy (non-hydrogen) atoms. The monoisotopic (exact) mass is 302 g/mol. The molecule has 1 N–H and O–H groups in total. The van der Waals surface area contributed by atoms with Crippen molar-refractivity contribution in [1.82, 2.24) is 10.2 Å². The predicted octanol–water partition coefficient (Wildman–Crippen LogP) is 3.84. The molecular weight excluding hydrogens is 272 g/mol. The Morgan fingerprint density at radius 3 is 2.73 bits per heavy atom. The van der Waals surface area contributed by atoms with Gasteiger partial charge in [-0.15, -0.1) is 0 Å². The fourth-order valence-corrected chi connectivity index (χ4v) is 3.26. The van der Waals surface area contributed by atoms with Crippen molar-refractivity contribution < 1.29 is 4.79 Å². The molecule has 0 saturated carbocycles. The largest absolute Gasteiger partial charge is 0.350 e. The minimum absolute atomic E-state index is 0.0408. The molecule has 0 aliphatic carbocycles. The third kappa shape index (κ3) is 5.13. The van der Waals surface area contributed by atoms with Crippen molar-refractivity contribution in [3.8, 4) is 0 Å². The fraction of sp³-hybridized carbons (Fsp3) is 0.632. The molecule has 1 fully saturated rings. The van der Waals surface area contributed by atoms with E-state index in [0.29, 0.717) is 0 Å². The van der Waals surface area contributed by atoms with Crippen LogP contribution >= 0.6 is 0 Å². The third-order valence-electron chi connectivity index (χ3n) is 4.46. The van der Waals surface area contributed by atoms with Gasteiger partial charge in [0.15, 0.2) is 0 Å². The summed E-state index contributed by atoms with van der Waals surface area (Å²) < 4.78 is 0. The minimum atomic E-state index is 0.0408. The second-order valence-corrected chi connectivity index (χ2v) is 6.84. The first-order valence-electron chi connectivity index (χ1n) is 8.70. The van der Waals surface area contributed by atoms with E-state index in [1.54, 1.807) is 0 Å². The van der Waals surface area contributed by atoms with Gasteiger partial charge in [-0.3, -0.25) is 9.69 Å². The summed E-state index contributed by atoms with van der Waals surface area (Å²) in [7, 11) is 0. The Bertz CT molecular complexity index is 469. The first kappa shape index (κ1) is 17.0. The molecule has 0 bridgehead atoms. The molecule has 0 aromatic heterocycles. The van der Waals surface area contributed by atoms with Crippen molar-refractivity contribution in [3.05, 3.63) is 35.4 Å². The van der Waals surface area contributed by atoms with E-state index in [0.717, 1.165) is 30.9 Å². The number of rotatable bonds is 6. The van der Waals surface area contributed by atoms with Crippen LogP contribution in [0.3, 0.4) is 0 Å². The molecule has 1 aromatic carbocycles. The van der Waals surface area contributed by atoms with Crippen LogP contribution in [-0.2, 0) is 6.54 Å². The SMILES string of the molecule is CCC[C@H](C)NC(=O)c1ccc(CN2CCC[C@H](C)C2)cc1. The van der Waals surface area contributed by atoms with Gasteiger partial charge in [0, 0.05) is 24.7 Å². The Morgan fingerprint density at radius 2 is 2.09 bits per heavy atom. The number of hydrogen-bond acceptors (Lipinski definition) is 2. The van der Waals surface area contributed by atoms with Gasteiger partial charge < -0.3 is 5.32 Å². The van der Waals surface area contributed by atoms with E-state index >= 15 is 0 Å². The number of benzene rings is 1. The summed E-state index contributed by atoms with van der Waals surface area (Å²) in [5, 5.41) is 3.05. The lowest BCUT2D eigenvalue weighted by Crippen LogP contribution is -2.34. The first-order chi connectivity index (χ1) is 10.6. The quantitative estimate of drug-likeness (QED) is 0.866. The summed E-state index contributed by atoms with van der Waals surface area (Å²) in [6.07, 6.45) is 4.77. The Hall–Kier alpha value is -1.35. The molecular formula is C19H30N2O. The highest BCUT2D eigenvalue weighted by molar-refractivity contribution is 5.94. The number of likely N-dealkylation sites (tertiary alicyclic amines) is 1. The number of carbonyl (C=O) groups is 1. The van der Waals surface area contributed by atoms with Crippen LogP contribution in [0.5, 0.6) is 0 Å². The van der Waals surface area contributed by atoms with Gasteiger partial charge >= 0.3 is 0 Å². The van der Waals surface area contributed by atoms with Gasteiger partial charge in [-0.2, -0.15) is 0 Å². The standard InChI is InChI=1S/C19H30N2O/c1-4-6-16(3)20-19(22)18-10-8-17(9-11-18)14-21-12-5-7-15(2)13-21/h8-11,15-16H,4-7,12-14H2,1-3H3,(H,20,22)/t15-,16-/m0/s1. The molecule has 0 unspecified atom stereocenters. The van der Waals surface area contributed by atoms with Crippen LogP contribution in [0.25, 0.3) is 0 Å². The van der Waals surface area contributed by atoms with E-state index < -0.39 is 0 Å². The second-order valence-electron chi connectivity index (χ2n) is 6.84. The van der Waals surface area contributed by atoms with Gasteiger partial charge in [-0.25, -0.2) is 0 Å². The van der Waals surface area contributed by atoms with Crippen LogP contribution in [-0.4, -0.2) is 29.9 Å². The fourth-order valence-electron chi connectivity index (χ4n) is 3.26. The van der Waals surface area contributed by atoms with Crippen LogP contribution in [0.1, 0.15) is 62.4 Å². The lowest BCUT2D eigenvalue weighted by molar-refractivity contribution is 0.0938. The maximum absolute atomic E-state index is 12.2. The predicted molar refractivity (Wildman–Crippen MR) is 92.0 cm³/mol. The molecule has 1 saturated heterocycles. The Kier molecular flexibility index (Phi) is 6.44. The first-order valence-corrected chi connectivity index (χ1v) is 8.70. The molecule has 3 nitrogen and oxygen atoms in total. The van der Waals surface area contributed by atoms with Gasteiger partial charge in [0.05, 0.1) is 0 Å². The smallest absolute Gasteiger partial charge is 0.251 e. The van der Waals surface area contributed by atoms with Gasteiger partial charge in [0.1, 0.15) is 0 Å². The van der Waals surface area contributed by atoms with Gasteiger partial charge in [-0.1, -0.05) is 32.4 Å². The van der Waals surface area contributed by atoms with Gasteiger partial charge in [0.25, 0.3) is 5.91 Å². The van der Waals surface area contributed by atoms with Crippen LogP contribution in [0.15, 0.2) is 24.3 Å². The molecule has 2 rings (SSSR count). The van der Waals surface area contributed by atoms with E-state index in [2.05, 4.69) is 43.1 Å². The maximum atomic E-state index is 12.2. The maximum Gasteiger partial charge on any atom is 0.251 e. The Labute approximate surface area is 135 Å². The number of carbonyl (C=O) groups excluding carboxylic acids is 1. The Balaban J connectivity index is 1.88. The summed E-state index contributed by atoms with van der Waals surface area (Å²) >= 11 is 0. The Morgan fingerprint density at radius 1 is 1.36 bits per heavy atom. The topological polar surface area (TPSA) is 32.3 Å². The molecule has 1 aliphatic rings. The third-order valence-corrected chi connectivity index (χ3v) is 4.46. The average molecular weight is 302 g/mol. The number of nitrogens with zero attached hydrogens (tertiary/aromatic N) is 1. The number of hydrogen-bond donors (Lipinski definition) is 1. The lowest BCUT2D eigenvalue weighted by Gasteiger charge is -2.30. The van der Waals surface area contributed by atoms with E-state index in [9.17, 15) is 4.79 Å². The summed E-state index contributed by atoms with van der Waals surface area (Å²) in [5.74, 6) is 0.845. The zero-order valence-electron chi connectivity index (χ0n) is 14.3. The van der Waals surface area contributed by atoms with E-state index in [1.165, 1.54) is 31.5 Å². The van der Waals surface area contributed by atoms with Crippen LogP contribution in [0, 0.1) is 5.92 Å². The average Bonchev–Trinajstić information content (AvgIpc) is 2.48. The highest BCUT2D eigenvalue weighted by Crippen LogP contribution is 2.18. The molecule has 1 aliphatic heterocycles. The molecule has 0 radical (unpaired) electrons. The normalized spacial score (nSPS) is 20.6. The van der Waals surface area contributed by atoms with Crippen LogP contribution < -0.4 is 5.32 Å². The van der Waals surface area contributed by atoms with E-state index in [1.807, 2.05) is 12.1 Å². The molecule has 2 atom stereocenters. The highest BCUT2D eigenvalue weighted by atomic mass is 16.1. The summed E-state index contributed by atoms with van der Waals surface area (Å²) in [4.78, 5) is 14.7. The summed E-state index contributed by atoms with van der Waals surface area (Å²) in [6.45, 7) is 9.92. The molecule has 1 aromatic rings. The van der Waals surface area contributed by atoms with Gasteiger partial charge in [0.2, 0.25) is 0 Å². The van der Waals surface area contributed by atoms with Crippen molar-refractivity contribution in [2.75, 3.05) is 13.1 Å². The zero-order chi connectivity index (χ0) is 15.9. The number of amides is 1. The number of piperidine rings is 1. The van der Waals surface area contributed by atoms with Crippen molar-refractivity contribution in [3.63, 3.8) is 0 Å². The molecule has 1 amide bonds.